The van der Waals surface area contributed by atoms with Crippen molar-refractivity contribution in [3.8, 4) is 5.75 Å². The molecule has 158 valence electrons. The van der Waals surface area contributed by atoms with Crippen molar-refractivity contribution in [2.75, 3.05) is 13.7 Å². The number of nitrogens with zero attached hydrogens (tertiary/aromatic N) is 2. The van der Waals surface area contributed by atoms with Crippen molar-refractivity contribution in [2.45, 2.75) is 13.0 Å². The second-order valence-electron chi connectivity index (χ2n) is 6.76. The lowest BCUT2D eigenvalue weighted by molar-refractivity contribution is -0.136. The van der Waals surface area contributed by atoms with E-state index in [0.29, 0.717) is 27.2 Å². The summed E-state index contributed by atoms with van der Waals surface area (Å²) in [5.41, 5.74) is 1.62. The Morgan fingerprint density at radius 3 is 2.71 bits per heavy atom. The number of thiazole rings is 1. The molecule has 1 aliphatic heterocycles. The van der Waals surface area contributed by atoms with Crippen LogP contribution >= 0.6 is 22.7 Å². The zero-order valence-electron chi connectivity index (χ0n) is 17.0. The Morgan fingerprint density at radius 1 is 1.29 bits per heavy atom. The molecule has 0 unspecified atom stereocenters. The van der Waals surface area contributed by atoms with E-state index in [1.807, 2.05) is 47.9 Å². The van der Waals surface area contributed by atoms with Crippen LogP contribution in [0.5, 0.6) is 5.75 Å². The van der Waals surface area contributed by atoms with Gasteiger partial charge in [0.15, 0.2) is 4.80 Å². The minimum Gasteiger partial charge on any atom is -0.490 e. The maximum atomic E-state index is 13.4. The number of hydrogen-bond acceptors (Lipinski definition) is 7. The molecule has 0 fully saturated rings. The van der Waals surface area contributed by atoms with Crippen LogP contribution in [0.15, 0.2) is 75.5 Å². The van der Waals surface area contributed by atoms with Gasteiger partial charge in [0.1, 0.15) is 18.4 Å². The standard InChI is InChI=1S/C23H20N2O4S2/c1-4-11-29-16-9-7-15(8-10-16)13-18-21(26)25-20(17-6-5-12-30-17)19(22(27)28-3)14(2)24-23(25)31-18/h4-10,12-13,20H,1,11H2,2-3H3/b18-13-/t20-/m1/s1. The smallest absolute Gasteiger partial charge is 0.338 e. The van der Waals surface area contributed by atoms with E-state index < -0.39 is 12.0 Å². The Bertz CT molecular complexity index is 1330. The van der Waals surface area contributed by atoms with Gasteiger partial charge in [-0.3, -0.25) is 9.36 Å². The molecule has 0 spiro atoms. The summed E-state index contributed by atoms with van der Waals surface area (Å²) in [7, 11) is 1.33. The summed E-state index contributed by atoms with van der Waals surface area (Å²) < 4.78 is 12.6. The van der Waals surface area contributed by atoms with Crippen molar-refractivity contribution in [2.24, 2.45) is 4.99 Å². The van der Waals surface area contributed by atoms with Gasteiger partial charge in [0, 0.05) is 4.88 Å². The number of aromatic nitrogens is 1. The fraction of sp³-hybridized carbons (Fsp3) is 0.174. The predicted octanol–water partition coefficient (Wildman–Crippen LogP) is 3.03. The molecule has 0 N–H and O–H groups in total. The van der Waals surface area contributed by atoms with E-state index in [4.69, 9.17) is 9.47 Å². The second kappa shape index (κ2) is 8.87. The third kappa shape index (κ3) is 4.04. The zero-order chi connectivity index (χ0) is 22.0. The number of benzene rings is 1. The number of carbonyl (C=O) groups is 1. The molecular formula is C23H20N2O4S2. The van der Waals surface area contributed by atoms with Crippen LogP contribution in [0, 0.1) is 0 Å². The molecular weight excluding hydrogens is 432 g/mol. The summed E-state index contributed by atoms with van der Waals surface area (Å²) in [6, 6.07) is 10.7. The van der Waals surface area contributed by atoms with Crippen LogP contribution < -0.4 is 19.6 Å². The van der Waals surface area contributed by atoms with Gasteiger partial charge in [-0.05, 0) is 42.1 Å². The van der Waals surface area contributed by atoms with Crippen LogP contribution in [-0.4, -0.2) is 24.3 Å². The van der Waals surface area contributed by atoms with Gasteiger partial charge < -0.3 is 9.47 Å². The largest absolute Gasteiger partial charge is 0.490 e. The van der Waals surface area contributed by atoms with E-state index in [0.717, 1.165) is 16.2 Å². The third-order valence-corrected chi connectivity index (χ3v) is 6.69. The van der Waals surface area contributed by atoms with Crippen LogP contribution in [0.4, 0.5) is 0 Å². The highest BCUT2D eigenvalue weighted by Gasteiger charge is 2.33. The van der Waals surface area contributed by atoms with Crippen LogP contribution in [0.3, 0.4) is 0 Å². The van der Waals surface area contributed by atoms with Gasteiger partial charge in [0.2, 0.25) is 0 Å². The summed E-state index contributed by atoms with van der Waals surface area (Å²) in [6.45, 7) is 5.84. The molecule has 8 heteroatoms. The van der Waals surface area contributed by atoms with Gasteiger partial charge in [-0.25, -0.2) is 9.79 Å². The Hall–Kier alpha value is -3.23. The molecule has 1 aromatic carbocycles. The van der Waals surface area contributed by atoms with Gasteiger partial charge in [0.25, 0.3) is 5.56 Å². The summed E-state index contributed by atoms with van der Waals surface area (Å²) in [5, 5.41) is 1.92. The number of thiophene rings is 1. The fourth-order valence-electron chi connectivity index (χ4n) is 3.38. The molecule has 3 heterocycles. The maximum absolute atomic E-state index is 13.4. The maximum Gasteiger partial charge on any atom is 0.338 e. The number of allylic oxidation sites excluding steroid dienone is 1. The first kappa shape index (κ1) is 21.0. The lowest BCUT2D eigenvalue weighted by Gasteiger charge is -2.22. The van der Waals surface area contributed by atoms with Crippen LogP contribution in [0.25, 0.3) is 6.08 Å². The lowest BCUT2D eigenvalue weighted by atomic mass is 10.0. The lowest BCUT2D eigenvalue weighted by Crippen LogP contribution is -2.39. The van der Waals surface area contributed by atoms with Gasteiger partial charge >= 0.3 is 5.97 Å². The van der Waals surface area contributed by atoms with E-state index in [1.54, 1.807) is 17.6 Å². The molecule has 1 aliphatic rings. The minimum absolute atomic E-state index is 0.192. The molecule has 3 aromatic rings. The second-order valence-corrected chi connectivity index (χ2v) is 8.75. The molecule has 0 saturated heterocycles. The van der Waals surface area contributed by atoms with E-state index in [9.17, 15) is 9.59 Å². The molecule has 6 nitrogen and oxygen atoms in total. The zero-order valence-corrected chi connectivity index (χ0v) is 18.7. The molecule has 0 bridgehead atoms. The number of esters is 1. The van der Waals surface area contributed by atoms with Crippen molar-refractivity contribution >= 4 is 34.7 Å². The molecule has 0 saturated carbocycles. The first-order chi connectivity index (χ1) is 15.0. The highest BCUT2D eigenvalue weighted by Crippen LogP contribution is 2.32. The summed E-state index contributed by atoms with van der Waals surface area (Å²) in [6.07, 6.45) is 3.51. The molecule has 1 atom stereocenters. The molecule has 0 amide bonds. The highest BCUT2D eigenvalue weighted by atomic mass is 32.1. The Kier molecular flexibility index (Phi) is 6.01. The number of carbonyl (C=O) groups excluding carboxylic acids is 1. The van der Waals surface area contributed by atoms with E-state index in [2.05, 4.69) is 11.6 Å². The van der Waals surface area contributed by atoms with Gasteiger partial charge in [-0.1, -0.05) is 42.2 Å². The summed E-state index contributed by atoms with van der Waals surface area (Å²) in [5.74, 6) is 0.249. The number of fused-ring (bicyclic) bond motifs is 1. The first-order valence-electron chi connectivity index (χ1n) is 9.51. The van der Waals surface area contributed by atoms with E-state index >= 15 is 0 Å². The Morgan fingerprint density at radius 2 is 2.06 bits per heavy atom. The molecule has 0 radical (unpaired) electrons. The first-order valence-corrected chi connectivity index (χ1v) is 11.2. The van der Waals surface area contributed by atoms with Crippen molar-refractivity contribution in [1.29, 1.82) is 0 Å². The third-order valence-electron chi connectivity index (χ3n) is 4.79. The van der Waals surface area contributed by atoms with E-state index in [1.165, 1.54) is 29.8 Å². The molecule has 0 aliphatic carbocycles. The molecule has 2 aromatic heterocycles. The fourth-order valence-corrected chi connectivity index (χ4v) is 5.25. The summed E-state index contributed by atoms with van der Waals surface area (Å²) in [4.78, 5) is 31.9. The normalized spacial score (nSPS) is 15.9. The van der Waals surface area contributed by atoms with Crippen LogP contribution in [-0.2, 0) is 9.53 Å². The average Bonchev–Trinajstić information content (AvgIpc) is 3.41. The number of methoxy groups -OCH3 is 1. The van der Waals surface area contributed by atoms with Crippen molar-refractivity contribution < 1.29 is 14.3 Å². The number of hydrogen-bond donors (Lipinski definition) is 0. The topological polar surface area (TPSA) is 69.9 Å². The minimum atomic E-state index is -0.555. The van der Waals surface area contributed by atoms with Crippen molar-refractivity contribution in [1.82, 2.24) is 4.57 Å². The number of rotatable bonds is 6. The highest BCUT2D eigenvalue weighted by molar-refractivity contribution is 7.10. The van der Waals surface area contributed by atoms with Crippen LogP contribution in [0.2, 0.25) is 0 Å². The SMILES string of the molecule is C=CCOc1ccc(/C=c2\sc3n(c2=O)[C@H](c2cccs2)C(C(=O)OC)=C(C)N=3)cc1. The van der Waals surface area contributed by atoms with Crippen molar-refractivity contribution in [3.05, 3.63) is 95.8 Å². The van der Waals surface area contributed by atoms with E-state index in [-0.39, 0.29) is 5.56 Å². The van der Waals surface area contributed by atoms with Crippen molar-refractivity contribution in [3.63, 3.8) is 0 Å². The quantitative estimate of drug-likeness (QED) is 0.426. The average molecular weight is 453 g/mol. The molecule has 31 heavy (non-hydrogen) atoms. The predicted molar refractivity (Wildman–Crippen MR) is 122 cm³/mol. The number of ether oxygens (including phenoxy) is 2. The summed E-state index contributed by atoms with van der Waals surface area (Å²) >= 11 is 2.79. The Balaban J connectivity index is 1.83. The van der Waals surface area contributed by atoms with Gasteiger partial charge in [-0.15, -0.1) is 11.3 Å². The Labute approximate surface area is 186 Å². The van der Waals surface area contributed by atoms with Gasteiger partial charge in [0.05, 0.1) is 22.9 Å². The van der Waals surface area contributed by atoms with Crippen LogP contribution in [0.1, 0.15) is 23.4 Å². The van der Waals surface area contributed by atoms with Gasteiger partial charge in [-0.2, -0.15) is 0 Å². The monoisotopic (exact) mass is 452 g/mol. The molecule has 4 rings (SSSR count).